The van der Waals surface area contributed by atoms with Crippen LogP contribution in [-0.4, -0.2) is 18.3 Å². The molecular formula is C26H29BBrNO2. The van der Waals surface area contributed by atoms with Gasteiger partial charge in [0.25, 0.3) is 0 Å². The molecule has 31 heavy (non-hydrogen) atoms. The van der Waals surface area contributed by atoms with Gasteiger partial charge in [-0.2, -0.15) is 0 Å². The monoisotopic (exact) mass is 477 g/mol. The Kier molecular flexibility index (Phi) is 5.80. The Bertz CT molecular complexity index is 1060. The maximum Gasteiger partial charge on any atom is 0.494 e. The molecule has 0 radical (unpaired) electrons. The quantitative estimate of drug-likeness (QED) is 0.384. The number of hydrogen-bond acceptors (Lipinski definition) is 3. The van der Waals surface area contributed by atoms with Crippen LogP contribution in [0.3, 0.4) is 0 Å². The summed E-state index contributed by atoms with van der Waals surface area (Å²) in [5.41, 5.74) is 6.19. The third-order valence-electron chi connectivity index (χ3n) is 6.35. The summed E-state index contributed by atoms with van der Waals surface area (Å²) in [4.78, 5) is 2.29. The minimum atomic E-state index is -0.360. The molecule has 160 valence electrons. The van der Waals surface area contributed by atoms with Crippen LogP contribution < -0.4 is 10.4 Å². The van der Waals surface area contributed by atoms with Crippen molar-refractivity contribution >= 4 is 45.6 Å². The van der Waals surface area contributed by atoms with Gasteiger partial charge in [-0.3, -0.25) is 0 Å². The van der Waals surface area contributed by atoms with E-state index in [0.29, 0.717) is 0 Å². The van der Waals surface area contributed by atoms with Crippen LogP contribution in [0.5, 0.6) is 0 Å². The van der Waals surface area contributed by atoms with Gasteiger partial charge in [-0.25, -0.2) is 0 Å². The van der Waals surface area contributed by atoms with E-state index in [2.05, 4.69) is 129 Å². The predicted molar refractivity (Wildman–Crippen MR) is 134 cm³/mol. The zero-order valence-electron chi connectivity index (χ0n) is 19.1. The highest BCUT2D eigenvalue weighted by Gasteiger charge is 2.51. The highest BCUT2D eigenvalue weighted by Crippen LogP contribution is 2.38. The van der Waals surface area contributed by atoms with E-state index in [9.17, 15) is 0 Å². The van der Waals surface area contributed by atoms with Crippen molar-refractivity contribution in [2.24, 2.45) is 0 Å². The smallest absolute Gasteiger partial charge is 0.399 e. The molecule has 0 atom stereocenters. The summed E-state index contributed by atoms with van der Waals surface area (Å²) in [6.07, 6.45) is 0. The van der Waals surface area contributed by atoms with Gasteiger partial charge >= 0.3 is 7.12 Å². The van der Waals surface area contributed by atoms with Gasteiger partial charge in [0.2, 0.25) is 0 Å². The van der Waals surface area contributed by atoms with Crippen LogP contribution in [0.2, 0.25) is 0 Å². The molecule has 0 amide bonds. The lowest BCUT2D eigenvalue weighted by Gasteiger charge is -2.32. The molecule has 1 aliphatic heterocycles. The van der Waals surface area contributed by atoms with Crippen molar-refractivity contribution in [3.63, 3.8) is 0 Å². The molecule has 0 unspecified atom stereocenters. The highest BCUT2D eigenvalue weighted by atomic mass is 79.9. The molecular weight excluding hydrogens is 449 g/mol. The van der Waals surface area contributed by atoms with E-state index in [4.69, 9.17) is 9.31 Å². The van der Waals surface area contributed by atoms with E-state index >= 15 is 0 Å². The first-order valence-corrected chi connectivity index (χ1v) is 11.5. The second-order valence-corrected chi connectivity index (χ2v) is 10.2. The lowest BCUT2D eigenvalue weighted by molar-refractivity contribution is 0.00578. The Hall–Kier alpha value is -2.08. The van der Waals surface area contributed by atoms with Gasteiger partial charge in [0.05, 0.1) is 11.2 Å². The molecule has 1 heterocycles. The normalized spacial score (nSPS) is 17.1. The van der Waals surface area contributed by atoms with Crippen LogP contribution >= 0.6 is 15.9 Å². The molecule has 3 nitrogen and oxygen atoms in total. The second-order valence-electron chi connectivity index (χ2n) is 9.28. The van der Waals surface area contributed by atoms with Crippen molar-refractivity contribution in [1.82, 2.24) is 0 Å². The minimum absolute atomic E-state index is 0.348. The first-order valence-electron chi connectivity index (χ1n) is 10.7. The van der Waals surface area contributed by atoms with E-state index in [-0.39, 0.29) is 18.3 Å². The van der Waals surface area contributed by atoms with Crippen molar-refractivity contribution in [1.29, 1.82) is 0 Å². The lowest BCUT2D eigenvalue weighted by atomic mass is 9.79. The summed E-state index contributed by atoms with van der Waals surface area (Å²) in [6, 6.07) is 23.5. The van der Waals surface area contributed by atoms with Gasteiger partial charge in [-0.05, 0) is 95.0 Å². The summed E-state index contributed by atoms with van der Waals surface area (Å²) in [7, 11) is -0.360. The van der Waals surface area contributed by atoms with Crippen molar-refractivity contribution < 1.29 is 9.31 Å². The number of nitrogens with zero attached hydrogens (tertiary/aromatic N) is 1. The predicted octanol–water partition coefficient (Wildman–Crippen LogP) is 6.83. The van der Waals surface area contributed by atoms with Crippen molar-refractivity contribution in [2.45, 2.75) is 52.7 Å². The van der Waals surface area contributed by atoms with Gasteiger partial charge in [-0.15, -0.1) is 0 Å². The Morgan fingerprint density at radius 3 is 1.77 bits per heavy atom. The molecule has 0 bridgehead atoms. The number of rotatable bonds is 4. The molecule has 3 aromatic rings. The summed E-state index contributed by atoms with van der Waals surface area (Å²) in [5, 5.41) is 0. The van der Waals surface area contributed by atoms with Crippen LogP contribution in [0.4, 0.5) is 17.1 Å². The van der Waals surface area contributed by atoms with Crippen molar-refractivity contribution in [2.75, 3.05) is 4.90 Å². The highest BCUT2D eigenvalue weighted by molar-refractivity contribution is 9.10. The largest absolute Gasteiger partial charge is 0.494 e. The average molecular weight is 478 g/mol. The lowest BCUT2D eigenvalue weighted by Crippen LogP contribution is -2.41. The van der Waals surface area contributed by atoms with Crippen molar-refractivity contribution in [3.8, 4) is 0 Å². The van der Waals surface area contributed by atoms with Crippen LogP contribution in [-0.2, 0) is 9.31 Å². The summed E-state index contributed by atoms with van der Waals surface area (Å²) in [6.45, 7) is 12.6. The maximum atomic E-state index is 6.22. The zero-order chi connectivity index (χ0) is 22.4. The van der Waals surface area contributed by atoms with Crippen molar-refractivity contribution in [3.05, 3.63) is 82.3 Å². The van der Waals surface area contributed by atoms with Gasteiger partial charge < -0.3 is 14.2 Å². The summed E-state index contributed by atoms with van der Waals surface area (Å²) >= 11 is 3.55. The first-order chi connectivity index (χ1) is 14.6. The molecule has 1 fully saturated rings. The fraction of sp³-hybridized carbons (Fsp3) is 0.308. The Morgan fingerprint density at radius 1 is 0.742 bits per heavy atom. The van der Waals surface area contributed by atoms with Crippen LogP contribution in [0.25, 0.3) is 0 Å². The maximum absolute atomic E-state index is 6.22. The summed E-state index contributed by atoms with van der Waals surface area (Å²) < 4.78 is 13.5. The Balaban J connectivity index is 1.72. The topological polar surface area (TPSA) is 21.7 Å². The van der Waals surface area contributed by atoms with Crippen LogP contribution in [0, 0.1) is 13.8 Å². The molecule has 0 aliphatic carbocycles. The van der Waals surface area contributed by atoms with E-state index in [1.165, 1.54) is 11.1 Å². The SMILES string of the molecule is Cc1ccc(N(c2ccc(Br)cc2)c2ccc(B3OC(C)(C)C(C)(C)O3)cc2)c(C)c1. The third kappa shape index (κ3) is 4.32. The van der Waals surface area contributed by atoms with Crippen LogP contribution in [0.15, 0.2) is 71.2 Å². The number of anilines is 3. The molecule has 4 rings (SSSR count). The fourth-order valence-electron chi connectivity index (χ4n) is 3.83. The summed E-state index contributed by atoms with van der Waals surface area (Å²) in [5.74, 6) is 0. The van der Waals surface area contributed by atoms with E-state index < -0.39 is 0 Å². The molecule has 0 N–H and O–H groups in total. The van der Waals surface area contributed by atoms with Gasteiger partial charge in [0.15, 0.2) is 0 Å². The van der Waals surface area contributed by atoms with Gasteiger partial charge in [0.1, 0.15) is 0 Å². The van der Waals surface area contributed by atoms with E-state index in [0.717, 1.165) is 27.0 Å². The molecule has 3 aromatic carbocycles. The number of hydrogen-bond donors (Lipinski definition) is 0. The third-order valence-corrected chi connectivity index (χ3v) is 6.88. The number of benzene rings is 3. The van der Waals surface area contributed by atoms with E-state index in [1.807, 2.05) is 0 Å². The average Bonchev–Trinajstić information content (AvgIpc) is 2.93. The molecule has 0 spiro atoms. The molecule has 0 aromatic heterocycles. The molecule has 1 aliphatic rings. The zero-order valence-corrected chi connectivity index (χ0v) is 20.7. The number of halogens is 1. The fourth-order valence-corrected chi connectivity index (χ4v) is 4.10. The standard InChI is InChI=1S/C26H29BBrNO2/c1-18-7-16-24(19(2)17-18)29(23-14-10-21(28)11-15-23)22-12-8-20(9-13-22)27-30-25(3,4)26(5,6)31-27/h7-17H,1-6H3. The minimum Gasteiger partial charge on any atom is -0.399 e. The van der Waals surface area contributed by atoms with Gasteiger partial charge in [-0.1, -0.05) is 45.8 Å². The molecule has 1 saturated heterocycles. The molecule has 5 heteroatoms. The Labute approximate surface area is 194 Å². The van der Waals surface area contributed by atoms with Gasteiger partial charge in [0, 0.05) is 21.5 Å². The first kappa shape index (κ1) is 22.1. The van der Waals surface area contributed by atoms with E-state index in [1.54, 1.807) is 0 Å². The second kappa shape index (κ2) is 8.12. The number of aryl methyl sites for hydroxylation is 2. The Morgan fingerprint density at radius 2 is 1.26 bits per heavy atom. The molecule has 0 saturated carbocycles. The van der Waals surface area contributed by atoms with Crippen LogP contribution in [0.1, 0.15) is 38.8 Å².